The summed E-state index contributed by atoms with van der Waals surface area (Å²) in [6.07, 6.45) is 0.819. The molecule has 1 unspecified atom stereocenters. The Labute approximate surface area is 140 Å². The zero-order valence-corrected chi connectivity index (χ0v) is 13.6. The summed E-state index contributed by atoms with van der Waals surface area (Å²) < 4.78 is 13.5. The standard InChI is InChI=1S/C18H18ClFN2O/c1-12-15-10-14(20)7-6-13(15)8-9-22(12)11-18(23)21-17-5-3-2-4-16(17)19/h2-7,10,12H,8-9,11H2,1H3,(H,21,23). The van der Waals surface area contributed by atoms with Crippen molar-refractivity contribution in [3.8, 4) is 0 Å². The lowest BCUT2D eigenvalue weighted by Crippen LogP contribution is -2.39. The van der Waals surface area contributed by atoms with E-state index in [0.717, 1.165) is 24.1 Å². The first kappa shape index (κ1) is 16.0. The number of nitrogens with zero attached hydrogens (tertiary/aromatic N) is 1. The van der Waals surface area contributed by atoms with Gasteiger partial charge in [-0.3, -0.25) is 9.69 Å². The van der Waals surface area contributed by atoms with Crippen LogP contribution in [0.25, 0.3) is 0 Å². The summed E-state index contributed by atoms with van der Waals surface area (Å²) in [5, 5.41) is 3.34. The molecule has 1 amide bonds. The number of para-hydroxylation sites is 1. The lowest BCUT2D eigenvalue weighted by molar-refractivity contribution is -0.117. The molecule has 1 heterocycles. The lowest BCUT2D eigenvalue weighted by atomic mass is 9.93. The molecule has 0 fully saturated rings. The number of hydrogen-bond acceptors (Lipinski definition) is 2. The van der Waals surface area contributed by atoms with Crippen LogP contribution in [-0.2, 0) is 11.2 Å². The van der Waals surface area contributed by atoms with Crippen molar-refractivity contribution in [1.82, 2.24) is 4.90 Å². The monoisotopic (exact) mass is 332 g/mol. The molecule has 0 aliphatic carbocycles. The Balaban J connectivity index is 1.69. The van der Waals surface area contributed by atoms with Crippen molar-refractivity contribution in [3.05, 3.63) is 64.4 Å². The number of amides is 1. The van der Waals surface area contributed by atoms with Gasteiger partial charge in [-0.05, 0) is 48.7 Å². The van der Waals surface area contributed by atoms with E-state index in [-0.39, 0.29) is 24.3 Å². The number of fused-ring (bicyclic) bond motifs is 1. The average Bonchev–Trinajstić information content (AvgIpc) is 2.53. The van der Waals surface area contributed by atoms with Crippen molar-refractivity contribution in [1.29, 1.82) is 0 Å². The third kappa shape index (κ3) is 3.54. The third-order valence-corrected chi connectivity index (χ3v) is 4.60. The molecule has 0 spiro atoms. The molecule has 0 radical (unpaired) electrons. The molecule has 0 bridgehead atoms. The topological polar surface area (TPSA) is 32.3 Å². The highest BCUT2D eigenvalue weighted by Gasteiger charge is 2.25. The Hall–Kier alpha value is -1.91. The molecule has 1 aliphatic rings. The van der Waals surface area contributed by atoms with Crippen LogP contribution < -0.4 is 5.32 Å². The Bertz CT molecular complexity index is 735. The minimum Gasteiger partial charge on any atom is -0.324 e. The Morgan fingerprint density at radius 1 is 1.35 bits per heavy atom. The van der Waals surface area contributed by atoms with Crippen LogP contribution in [0.5, 0.6) is 0 Å². The zero-order chi connectivity index (χ0) is 16.4. The van der Waals surface area contributed by atoms with Crippen LogP contribution in [0.3, 0.4) is 0 Å². The fourth-order valence-corrected chi connectivity index (χ4v) is 3.17. The molecule has 3 nitrogen and oxygen atoms in total. The fraction of sp³-hybridized carbons (Fsp3) is 0.278. The number of hydrogen-bond donors (Lipinski definition) is 1. The number of carbonyl (C=O) groups excluding carboxylic acids is 1. The number of nitrogens with one attached hydrogen (secondary N) is 1. The van der Waals surface area contributed by atoms with E-state index in [9.17, 15) is 9.18 Å². The van der Waals surface area contributed by atoms with Gasteiger partial charge in [0.1, 0.15) is 5.82 Å². The molecule has 1 N–H and O–H groups in total. The van der Waals surface area contributed by atoms with Gasteiger partial charge in [0.2, 0.25) is 5.91 Å². The van der Waals surface area contributed by atoms with E-state index in [1.165, 1.54) is 6.07 Å². The van der Waals surface area contributed by atoms with Crippen LogP contribution in [-0.4, -0.2) is 23.9 Å². The number of anilines is 1. The summed E-state index contributed by atoms with van der Waals surface area (Å²) >= 11 is 6.05. The maximum atomic E-state index is 13.5. The van der Waals surface area contributed by atoms with Gasteiger partial charge in [-0.2, -0.15) is 0 Å². The average molecular weight is 333 g/mol. The summed E-state index contributed by atoms with van der Waals surface area (Å²) in [6, 6.07) is 12.0. The van der Waals surface area contributed by atoms with Crippen molar-refractivity contribution < 1.29 is 9.18 Å². The van der Waals surface area contributed by atoms with Crippen molar-refractivity contribution in [3.63, 3.8) is 0 Å². The van der Waals surface area contributed by atoms with E-state index in [4.69, 9.17) is 11.6 Å². The van der Waals surface area contributed by atoms with Crippen molar-refractivity contribution >= 4 is 23.2 Å². The molecule has 0 saturated heterocycles. The van der Waals surface area contributed by atoms with Gasteiger partial charge in [-0.25, -0.2) is 4.39 Å². The van der Waals surface area contributed by atoms with Crippen LogP contribution in [0, 0.1) is 5.82 Å². The maximum absolute atomic E-state index is 13.5. The summed E-state index contributed by atoms with van der Waals surface area (Å²) in [5.41, 5.74) is 2.72. The predicted octanol–water partition coefficient (Wildman–Crippen LogP) is 4.04. The van der Waals surface area contributed by atoms with Crippen LogP contribution in [0.15, 0.2) is 42.5 Å². The third-order valence-electron chi connectivity index (χ3n) is 4.27. The van der Waals surface area contributed by atoms with Crippen molar-refractivity contribution in [2.75, 3.05) is 18.4 Å². The van der Waals surface area contributed by atoms with Crippen LogP contribution in [0.4, 0.5) is 10.1 Å². The van der Waals surface area contributed by atoms with Gasteiger partial charge in [-0.1, -0.05) is 29.8 Å². The Morgan fingerprint density at radius 2 is 2.13 bits per heavy atom. The van der Waals surface area contributed by atoms with Gasteiger partial charge in [0.05, 0.1) is 17.3 Å². The summed E-state index contributed by atoms with van der Waals surface area (Å²) in [4.78, 5) is 14.3. The second-order valence-corrected chi connectivity index (χ2v) is 6.17. The Morgan fingerprint density at radius 3 is 2.91 bits per heavy atom. The van der Waals surface area contributed by atoms with E-state index in [1.807, 2.05) is 30.0 Å². The van der Waals surface area contributed by atoms with Crippen LogP contribution >= 0.6 is 11.6 Å². The van der Waals surface area contributed by atoms with Crippen LogP contribution in [0.1, 0.15) is 24.1 Å². The number of rotatable bonds is 3. The molecule has 1 aliphatic heterocycles. The largest absolute Gasteiger partial charge is 0.324 e. The molecular formula is C18H18ClFN2O. The number of carbonyl (C=O) groups is 1. The molecule has 3 rings (SSSR count). The quantitative estimate of drug-likeness (QED) is 0.920. The van der Waals surface area contributed by atoms with Gasteiger partial charge in [-0.15, -0.1) is 0 Å². The fourth-order valence-electron chi connectivity index (χ4n) is 2.99. The first-order chi connectivity index (χ1) is 11.0. The number of halogens is 2. The lowest BCUT2D eigenvalue weighted by Gasteiger charge is -2.34. The van der Waals surface area contributed by atoms with E-state index in [1.54, 1.807) is 18.2 Å². The first-order valence-electron chi connectivity index (χ1n) is 7.61. The van der Waals surface area contributed by atoms with E-state index >= 15 is 0 Å². The summed E-state index contributed by atoms with van der Waals surface area (Å²) in [7, 11) is 0. The first-order valence-corrected chi connectivity index (χ1v) is 7.99. The molecule has 120 valence electrons. The summed E-state index contributed by atoms with van der Waals surface area (Å²) in [6.45, 7) is 3.03. The van der Waals surface area contributed by atoms with Crippen LogP contribution in [0.2, 0.25) is 5.02 Å². The minimum atomic E-state index is -0.238. The van der Waals surface area contributed by atoms with E-state index in [0.29, 0.717) is 10.7 Å². The zero-order valence-electron chi connectivity index (χ0n) is 12.9. The normalized spacial score (nSPS) is 17.6. The van der Waals surface area contributed by atoms with Gasteiger partial charge in [0, 0.05) is 12.6 Å². The molecule has 1 atom stereocenters. The van der Waals surface area contributed by atoms with E-state index < -0.39 is 0 Å². The smallest absolute Gasteiger partial charge is 0.238 e. The van der Waals surface area contributed by atoms with Gasteiger partial charge >= 0.3 is 0 Å². The maximum Gasteiger partial charge on any atom is 0.238 e. The molecule has 23 heavy (non-hydrogen) atoms. The highest BCUT2D eigenvalue weighted by molar-refractivity contribution is 6.33. The van der Waals surface area contributed by atoms with Crippen molar-refractivity contribution in [2.24, 2.45) is 0 Å². The molecular weight excluding hydrogens is 315 g/mol. The predicted molar refractivity (Wildman–Crippen MR) is 90.2 cm³/mol. The van der Waals surface area contributed by atoms with Gasteiger partial charge in [0.15, 0.2) is 0 Å². The molecule has 2 aromatic carbocycles. The minimum absolute atomic E-state index is 0.00597. The van der Waals surface area contributed by atoms with Gasteiger partial charge < -0.3 is 5.32 Å². The Kier molecular flexibility index (Phi) is 4.64. The molecule has 2 aromatic rings. The highest BCUT2D eigenvalue weighted by Crippen LogP contribution is 2.30. The molecule has 5 heteroatoms. The number of benzene rings is 2. The second-order valence-electron chi connectivity index (χ2n) is 5.77. The highest BCUT2D eigenvalue weighted by atomic mass is 35.5. The van der Waals surface area contributed by atoms with Crippen molar-refractivity contribution in [2.45, 2.75) is 19.4 Å². The summed E-state index contributed by atoms with van der Waals surface area (Å²) in [5.74, 6) is -0.359. The van der Waals surface area contributed by atoms with E-state index in [2.05, 4.69) is 5.32 Å². The molecule has 0 aromatic heterocycles. The second kappa shape index (κ2) is 6.69. The van der Waals surface area contributed by atoms with Gasteiger partial charge in [0.25, 0.3) is 0 Å². The molecule has 0 saturated carbocycles. The SMILES string of the molecule is CC1c2cc(F)ccc2CCN1CC(=O)Nc1ccccc1Cl.